The Hall–Kier alpha value is -9.19. The predicted molar refractivity (Wildman–Crippen MR) is 281 cm³/mol. The highest BCUT2D eigenvalue weighted by Crippen LogP contribution is 2.42. The van der Waals surface area contributed by atoms with Crippen molar-refractivity contribution in [3.8, 4) is 78.9 Å². The van der Waals surface area contributed by atoms with Crippen molar-refractivity contribution < 1.29 is 0 Å². The molecule has 0 saturated carbocycles. The van der Waals surface area contributed by atoms with Crippen molar-refractivity contribution >= 4 is 43.6 Å². The van der Waals surface area contributed by atoms with Gasteiger partial charge < -0.3 is 4.57 Å². The smallest absolute Gasteiger partial charge is 0.238 e. The summed E-state index contributed by atoms with van der Waals surface area (Å²) in [6, 6.07) is 88.2. The number of aromatic nitrogens is 5. The highest BCUT2D eigenvalue weighted by atomic mass is 15.2. The largest absolute Gasteiger partial charge is 0.307 e. The minimum atomic E-state index is 0.550. The zero-order valence-electron chi connectivity index (χ0n) is 36.9. The van der Waals surface area contributed by atoms with Crippen LogP contribution in [0.25, 0.3) is 123 Å². The predicted octanol–water partition coefficient (Wildman–Crippen LogP) is 16.1. The van der Waals surface area contributed by atoms with Crippen molar-refractivity contribution in [2.75, 3.05) is 0 Å². The molecular weight excluding hydrogens is 827 g/mol. The second-order valence-electron chi connectivity index (χ2n) is 17.2. The van der Waals surface area contributed by atoms with Gasteiger partial charge >= 0.3 is 0 Å². The first-order chi connectivity index (χ1) is 33.7. The van der Waals surface area contributed by atoms with E-state index >= 15 is 0 Å². The Morgan fingerprint density at radius 1 is 0.235 bits per heavy atom. The van der Waals surface area contributed by atoms with E-state index in [1.165, 1.54) is 33.2 Å². The maximum atomic E-state index is 5.45. The van der Waals surface area contributed by atoms with Crippen LogP contribution in [-0.4, -0.2) is 24.1 Å². The molecule has 3 aromatic heterocycles. The van der Waals surface area contributed by atoms with E-state index in [1.54, 1.807) is 0 Å². The summed E-state index contributed by atoms with van der Waals surface area (Å²) in [4.78, 5) is 16.1. The molecule has 13 rings (SSSR count). The summed E-state index contributed by atoms with van der Waals surface area (Å²) in [5.41, 5.74) is 16.4. The number of hydrogen-bond donors (Lipinski definition) is 0. The Morgan fingerprint density at radius 3 is 1.15 bits per heavy atom. The third-order valence-corrected chi connectivity index (χ3v) is 13.2. The van der Waals surface area contributed by atoms with Crippen LogP contribution in [-0.2, 0) is 0 Å². The van der Waals surface area contributed by atoms with Crippen molar-refractivity contribution in [3.05, 3.63) is 249 Å². The van der Waals surface area contributed by atoms with Crippen LogP contribution in [0.2, 0.25) is 0 Å². The fraction of sp³-hybridized carbons (Fsp3) is 0. The lowest BCUT2D eigenvalue weighted by molar-refractivity contribution is 0.953. The molecule has 0 spiro atoms. The van der Waals surface area contributed by atoms with Gasteiger partial charge in [0.25, 0.3) is 0 Å². The molecule has 0 radical (unpaired) electrons. The van der Waals surface area contributed by atoms with Gasteiger partial charge in [-0.05, 0) is 87.0 Å². The van der Waals surface area contributed by atoms with Crippen molar-refractivity contribution in [2.45, 2.75) is 0 Å². The molecule has 0 bridgehead atoms. The Morgan fingerprint density at radius 2 is 0.603 bits per heavy atom. The van der Waals surface area contributed by atoms with Crippen LogP contribution in [0.3, 0.4) is 0 Å². The molecule has 0 amide bonds. The van der Waals surface area contributed by atoms with Gasteiger partial charge in [0.1, 0.15) is 0 Å². The Labute approximate surface area is 393 Å². The lowest BCUT2D eigenvalue weighted by atomic mass is 9.95. The molecule has 0 atom stereocenters. The average molecular weight is 868 g/mol. The van der Waals surface area contributed by atoms with Gasteiger partial charge in [0.2, 0.25) is 5.95 Å². The summed E-state index contributed by atoms with van der Waals surface area (Å²) in [6.07, 6.45) is 0. The van der Waals surface area contributed by atoms with E-state index < -0.39 is 0 Å². The van der Waals surface area contributed by atoms with E-state index in [1.807, 2.05) is 18.2 Å². The molecule has 5 heteroatoms. The molecule has 5 nitrogen and oxygen atoms in total. The van der Waals surface area contributed by atoms with E-state index in [0.29, 0.717) is 17.6 Å². The second kappa shape index (κ2) is 16.4. The van der Waals surface area contributed by atoms with Crippen LogP contribution in [0.5, 0.6) is 0 Å². The maximum absolute atomic E-state index is 5.45. The third-order valence-electron chi connectivity index (χ3n) is 13.2. The minimum Gasteiger partial charge on any atom is -0.307 e. The Balaban J connectivity index is 1.01. The molecule has 3 heterocycles. The molecule has 0 fully saturated rings. The second-order valence-corrected chi connectivity index (χ2v) is 17.2. The zero-order valence-corrected chi connectivity index (χ0v) is 36.9. The van der Waals surface area contributed by atoms with Gasteiger partial charge in [-0.15, -0.1) is 0 Å². The summed E-state index contributed by atoms with van der Waals surface area (Å²) >= 11 is 0. The number of nitrogens with zero attached hydrogens (tertiary/aromatic N) is 5. The van der Waals surface area contributed by atoms with Gasteiger partial charge in [0.15, 0.2) is 11.6 Å². The molecule has 68 heavy (non-hydrogen) atoms. The molecule has 10 aromatic carbocycles. The fourth-order valence-corrected chi connectivity index (χ4v) is 9.95. The average Bonchev–Trinajstić information content (AvgIpc) is 3.95. The van der Waals surface area contributed by atoms with Crippen molar-refractivity contribution in [1.29, 1.82) is 0 Å². The van der Waals surface area contributed by atoms with Crippen LogP contribution < -0.4 is 0 Å². The van der Waals surface area contributed by atoms with E-state index in [-0.39, 0.29) is 0 Å². The first kappa shape index (κ1) is 39.2. The summed E-state index contributed by atoms with van der Waals surface area (Å²) in [5.74, 6) is 1.75. The summed E-state index contributed by atoms with van der Waals surface area (Å²) in [6.45, 7) is 0. The number of fused-ring (bicyclic) bond motifs is 7. The summed E-state index contributed by atoms with van der Waals surface area (Å²) < 4.78 is 4.67. The van der Waals surface area contributed by atoms with Gasteiger partial charge in [-0.1, -0.05) is 206 Å². The normalized spacial score (nSPS) is 11.5. The molecule has 318 valence electrons. The SMILES string of the molecule is c1ccc(-c2ccc(-n3c4ccccc4c4ccc5c6ccccc6n(-c6nc(-c7ccccc7)nc(-c7cccc(-c8cccc(-c9cccc(-c%10ccccc%10)c9)c8)c7)n6)c5c43)cc2)cc1. The molecule has 0 aliphatic rings. The lowest BCUT2D eigenvalue weighted by Gasteiger charge is -2.14. The Bertz CT molecular complexity index is 4000. The highest BCUT2D eigenvalue weighted by molar-refractivity contribution is 6.23. The molecule has 0 aliphatic heterocycles. The topological polar surface area (TPSA) is 48.5 Å². The molecular formula is C63H41N5. The van der Waals surface area contributed by atoms with E-state index in [0.717, 1.165) is 71.7 Å². The number of para-hydroxylation sites is 2. The molecule has 0 aliphatic carbocycles. The van der Waals surface area contributed by atoms with Crippen molar-refractivity contribution in [1.82, 2.24) is 24.1 Å². The van der Waals surface area contributed by atoms with E-state index in [9.17, 15) is 0 Å². The third kappa shape index (κ3) is 6.76. The summed E-state index contributed by atoms with van der Waals surface area (Å²) in [5, 5.41) is 4.58. The standard InChI is InChI=1S/C63H41N5/c1-4-17-42(18-5-1)44-33-35-52(36-34-44)67-57-31-12-10-29-53(57)55-37-38-56-54-30-11-13-32-58(54)68(60(56)59(55)67)63-65-61(45-21-8-3-9-22-45)64-62(66-63)51-28-16-27-50(41-51)49-26-15-25-48(40-49)47-24-14-23-46(39-47)43-19-6-2-7-20-43/h1-41H. The van der Waals surface area contributed by atoms with Crippen LogP contribution in [0.15, 0.2) is 249 Å². The van der Waals surface area contributed by atoms with Crippen molar-refractivity contribution in [3.63, 3.8) is 0 Å². The molecule has 0 unspecified atom stereocenters. The first-order valence-corrected chi connectivity index (χ1v) is 23.0. The van der Waals surface area contributed by atoms with Gasteiger partial charge in [-0.3, -0.25) is 4.57 Å². The molecule has 0 N–H and O–H groups in total. The van der Waals surface area contributed by atoms with Crippen LogP contribution in [0, 0.1) is 0 Å². The number of benzene rings is 10. The highest BCUT2D eigenvalue weighted by Gasteiger charge is 2.24. The molecule has 0 saturated heterocycles. The van der Waals surface area contributed by atoms with Crippen molar-refractivity contribution in [2.24, 2.45) is 0 Å². The number of hydrogen-bond acceptors (Lipinski definition) is 3. The van der Waals surface area contributed by atoms with Crippen LogP contribution in [0.1, 0.15) is 0 Å². The monoisotopic (exact) mass is 867 g/mol. The maximum Gasteiger partial charge on any atom is 0.238 e. The van der Waals surface area contributed by atoms with Gasteiger partial charge in [0, 0.05) is 38.4 Å². The summed E-state index contributed by atoms with van der Waals surface area (Å²) in [7, 11) is 0. The zero-order chi connectivity index (χ0) is 45.0. The van der Waals surface area contributed by atoms with Crippen LogP contribution in [0.4, 0.5) is 0 Å². The lowest BCUT2D eigenvalue weighted by Crippen LogP contribution is -2.07. The van der Waals surface area contributed by atoms with Crippen LogP contribution >= 0.6 is 0 Å². The number of rotatable bonds is 8. The quantitative estimate of drug-likeness (QED) is 0.153. The van der Waals surface area contributed by atoms with Gasteiger partial charge in [-0.2, -0.15) is 9.97 Å². The van der Waals surface area contributed by atoms with E-state index in [4.69, 9.17) is 15.0 Å². The molecule has 13 aromatic rings. The van der Waals surface area contributed by atoms with Gasteiger partial charge in [0.05, 0.1) is 22.1 Å². The Kier molecular flexibility index (Phi) is 9.43. The van der Waals surface area contributed by atoms with Gasteiger partial charge in [-0.25, -0.2) is 4.98 Å². The fourth-order valence-electron chi connectivity index (χ4n) is 9.95. The van der Waals surface area contributed by atoms with E-state index in [2.05, 4.69) is 240 Å². The first-order valence-electron chi connectivity index (χ1n) is 23.0. The minimum absolute atomic E-state index is 0.550.